The summed E-state index contributed by atoms with van der Waals surface area (Å²) in [7, 11) is -10.5. The Balaban J connectivity index is 2.14. The van der Waals surface area contributed by atoms with Crippen LogP contribution in [0.3, 0.4) is 0 Å². The number of ether oxygens (including phenoxy) is 1. The van der Waals surface area contributed by atoms with Crippen LogP contribution in [0.1, 0.15) is 6.23 Å². The zero-order valence-corrected chi connectivity index (χ0v) is 15.8. The second kappa shape index (κ2) is 7.73. The first-order valence-electron chi connectivity index (χ1n) is 6.57. The molecule has 0 aromatic carbocycles. The van der Waals surface area contributed by atoms with E-state index in [0.29, 0.717) is 0 Å². The lowest BCUT2D eigenvalue weighted by Gasteiger charge is -2.18. The second-order valence-electron chi connectivity index (χ2n) is 5.03. The lowest BCUT2D eigenvalue weighted by atomic mass is 10.1. The minimum Gasteiger partial charge on any atom is -0.387 e. The van der Waals surface area contributed by atoms with Gasteiger partial charge >= 0.3 is 21.3 Å². The summed E-state index contributed by atoms with van der Waals surface area (Å²) in [6.07, 6.45) is -5.35. The van der Waals surface area contributed by atoms with Crippen molar-refractivity contribution in [3.8, 4) is 0 Å². The van der Waals surface area contributed by atoms with Crippen molar-refractivity contribution in [1.82, 2.24) is 9.55 Å². The average molecular weight is 483 g/mol. The number of nitrogens with zero attached hydrogens (tertiary/aromatic N) is 1. The maximum absolute atomic E-state index is 11.8. The van der Waals surface area contributed by atoms with Gasteiger partial charge in [0.05, 0.1) is 11.1 Å². The number of phosphoric acid groups is 2. The van der Waals surface area contributed by atoms with Gasteiger partial charge in [-0.3, -0.25) is 18.9 Å². The normalized spacial score (nSPS) is 28.8. The van der Waals surface area contributed by atoms with Crippen LogP contribution in [0.15, 0.2) is 20.3 Å². The quantitative estimate of drug-likeness (QED) is 0.246. The molecule has 26 heavy (non-hydrogen) atoms. The van der Waals surface area contributed by atoms with Crippen LogP contribution in [0.25, 0.3) is 0 Å². The highest BCUT2D eigenvalue weighted by atomic mass is 79.9. The number of hydrogen-bond donors (Lipinski definition) is 6. The standard InChI is InChI=1S/C9H13BrN2O12P2/c10-3-1-12(9(16)11-7(3)15)8-6(14)5(13)4(23-8)2-22-26(20,21)24-25(17,18)19/h1,4-6,8,13-14H,2H2,(H,20,21)(H,11,15,16)(H2,17,18,19)/t4-,5?,6?,8-/m0/s1. The van der Waals surface area contributed by atoms with Crippen LogP contribution >= 0.6 is 31.6 Å². The molecule has 17 heteroatoms. The molecule has 14 nitrogen and oxygen atoms in total. The van der Waals surface area contributed by atoms with E-state index in [1.807, 2.05) is 4.98 Å². The Kier molecular flexibility index (Phi) is 6.42. The third-order valence-electron chi connectivity index (χ3n) is 3.15. The molecule has 1 fully saturated rings. The predicted octanol–water partition coefficient (Wildman–Crippen LogP) is -1.86. The molecule has 0 amide bonds. The van der Waals surface area contributed by atoms with E-state index in [1.54, 1.807) is 0 Å². The smallest absolute Gasteiger partial charge is 0.387 e. The predicted molar refractivity (Wildman–Crippen MR) is 83.9 cm³/mol. The lowest BCUT2D eigenvalue weighted by Crippen LogP contribution is -2.38. The summed E-state index contributed by atoms with van der Waals surface area (Å²) in [6.45, 7) is -0.915. The number of aliphatic hydroxyl groups excluding tert-OH is 2. The largest absolute Gasteiger partial charge is 0.481 e. The van der Waals surface area contributed by atoms with Crippen molar-refractivity contribution in [3.05, 3.63) is 31.5 Å². The molecule has 2 heterocycles. The van der Waals surface area contributed by atoms with Gasteiger partial charge in [0.25, 0.3) is 5.56 Å². The molecule has 0 saturated carbocycles. The Bertz CT molecular complexity index is 878. The molecule has 0 spiro atoms. The van der Waals surface area contributed by atoms with Gasteiger partial charge in [-0.05, 0) is 15.9 Å². The van der Waals surface area contributed by atoms with Crippen LogP contribution in [0.2, 0.25) is 0 Å². The van der Waals surface area contributed by atoms with E-state index in [0.717, 1.165) is 10.8 Å². The fourth-order valence-corrected chi connectivity index (χ4v) is 3.99. The van der Waals surface area contributed by atoms with Crippen LogP contribution in [0, 0.1) is 0 Å². The van der Waals surface area contributed by atoms with Gasteiger partial charge in [-0.1, -0.05) is 0 Å². The molecule has 1 aromatic heterocycles. The highest BCUT2D eigenvalue weighted by Crippen LogP contribution is 2.57. The summed E-state index contributed by atoms with van der Waals surface area (Å²) in [5, 5.41) is 19.9. The van der Waals surface area contributed by atoms with Gasteiger partial charge in [-0.2, -0.15) is 4.31 Å². The molecular formula is C9H13BrN2O12P2. The summed E-state index contributed by atoms with van der Waals surface area (Å²) >= 11 is 2.87. The van der Waals surface area contributed by atoms with Crippen LogP contribution in [0.4, 0.5) is 0 Å². The van der Waals surface area contributed by atoms with Crippen LogP contribution in [0.5, 0.6) is 0 Å². The first-order valence-corrected chi connectivity index (χ1v) is 10.4. The number of phosphoric ester groups is 1. The van der Waals surface area contributed by atoms with Crippen molar-refractivity contribution < 1.29 is 47.6 Å². The fraction of sp³-hybridized carbons (Fsp3) is 0.556. The number of hydrogen-bond acceptors (Lipinski definition) is 9. The van der Waals surface area contributed by atoms with E-state index >= 15 is 0 Å². The first kappa shape index (κ1) is 21.6. The van der Waals surface area contributed by atoms with Gasteiger partial charge in [0.1, 0.15) is 18.3 Å². The van der Waals surface area contributed by atoms with Crippen LogP contribution in [-0.4, -0.2) is 59.4 Å². The number of halogens is 1. The molecule has 2 rings (SSSR count). The highest BCUT2D eigenvalue weighted by molar-refractivity contribution is 9.10. The van der Waals surface area contributed by atoms with E-state index in [4.69, 9.17) is 14.5 Å². The number of rotatable bonds is 6. The molecule has 5 atom stereocenters. The highest BCUT2D eigenvalue weighted by Gasteiger charge is 2.45. The summed E-state index contributed by atoms with van der Waals surface area (Å²) in [4.78, 5) is 51.2. The maximum Gasteiger partial charge on any atom is 0.481 e. The zero-order chi connectivity index (χ0) is 19.9. The molecule has 0 radical (unpaired) electrons. The Morgan fingerprint density at radius 1 is 1.23 bits per heavy atom. The van der Waals surface area contributed by atoms with Crippen molar-refractivity contribution in [2.45, 2.75) is 24.5 Å². The van der Waals surface area contributed by atoms with Gasteiger partial charge in [-0.15, -0.1) is 0 Å². The van der Waals surface area contributed by atoms with Gasteiger partial charge < -0.3 is 29.6 Å². The Labute approximate surface area is 152 Å². The lowest BCUT2D eigenvalue weighted by molar-refractivity contribution is -0.0543. The molecule has 1 aromatic rings. The molecule has 148 valence electrons. The number of aliphatic hydroxyl groups is 2. The van der Waals surface area contributed by atoms with Gasteiger partial charge in [0.15, 0.2) is 6.23 Å². The first-order chi connectivity index (χ1) is 11.8. The molecule has 6 N–H and O–H groups in total. The third-order valence-corrected chi connectivity index (χ3v) is 5.86. The molecule has 0 bridgehead atoms. The minimum atomic E-state index is -5.33. The molecule has 0 aliphatic carbocycles. The average Bonchev–Trinajstić information content (AvgIpc) is 2.75. The summed E-state index contributed by atoms with van der Waals surface area (Å²) < 4.78 is 35.7. The number of aromatic nitrogens is 2. The van der Waals surface area contributed by atoms with Crippen LogP contribution in [-0.2, 0) is 22.7 Å². The molecular weight excluding hydrogens is 470 g/mol. The Hall–Kier alpha value is -0.700. The molecule has 1 saturated heterocycles. The zero-order valence-electron chi connectivity index (χ0n) is 12.4. The van der Waals surface area contributed by atoms with Gasteiger partial charge in [-0.25, -0.2) is 13.9 Å². The summed E-state index contributed by atoms with van der Waals surface area (Å²) in [6, 6.07) is 0. The Morgan fingerprint density at radius 2 is 1.85 bits per heavy atom. The molecule has 1 aliphatic rings. The number of H-pyrrole nitrogens is 1. The Morgan fingerprint density at radius 3 is 2.42 bits per heavy atom. The summed E-state index contributed by atoms with van der Waals surface area (Å²) in [5.41, 5.74) is -1.70. The fourth-order valence-electron chi connectivity index (χ4n) is 2.07. The van der Waals surface area contributed by atoms with E-state index in [2.05, 4.69) is 24.8 Å². The topological polar surface area (TPSA) is 218 Å². The summed E-state index contributed by atoms with van der Waals surface area (Å²) in [5.74, 6) is 0. The van der Waals surface area contributed by atoms with E-state index in [9.17, 15) is 33.8 Å². The van der Waals surface area contributed by atoms with E-state index in [-0.39, 0.29) is 4.47 Å². The van der Waals surface area contributed by atoms with Crippen molar-refractivity contribution in [2.75, 3.05) is 6.61 Å². The number of nitrogens with one attached hydrogen (secondary N) is 1. The minimum absolute atomic E-state index is 0.0722. The van der Waals surface area contributed by atoms with E-state index in [1.165, 1.54) is 0 Å². The van der Waals surface area contributed by atoms with Crippen molar-refractivity contribution in [1.29, 1.82) is 0 Å². The van der Waals surface area contributed by atoms with Gasteiger partial charge in [0, 0.05) is 6.20 Å². The van der Waals surface area contributed by atoms with Crippen molar-refractivity contribution >= 4 is 31.6 Å². The SMILES string of the molecule is O=c1[nH]c(=O)n([C@H]2O[C@@H](COP(=O)(O)OP(=O)(O)O)C(O)C2O)cc1Br. The van der Waals surface area contributed by atoms with Crippen LogP contribution < -0.4 is 11.2 Å². The van der Waals surface area contributed by atoms with Gasteiger partial charge in [0.2, 0.25) is 0 Å². The van der Waals surface area contributed by atoms with Crippen molar-refractivity contribution in [2.24, 2.45) is 0 Å². The monoisotopic (exact) mass is 482 g/mol. The van der Waals surface area contributed by atoms with Crippen molar-refractivity contribution in [3.63, 3.8) is 0 Å². The number of aromatic amines is 1. The van der Waals surface area contributed by atoms with E-state index < -0.39 is 58.0 Å². The second-order valence-corrected chi connectivity index (χ2v) is 8.71. The molecule has 3 unspecified atom stereocenters. The molecule has 1 aliphatic heterocycles. The third kappa shape index (κ3) is 5.18. The maximum atomic E-state index is 11.8.